The van der Waals surface area contributed by atoms with Gasteiger partial charge < -0.3 is 4.74 Å². The number of unbranched alkanes of at least 4 members (excludes halogenated alkanes) is 2. The van der Waals surface area contributed by atoms with Crippen LogP contribution in [0.3, 0.4) is 0 Å². The highest BCUT2D eigenvalue weighted by Gasteiger charge is 2.32. The van der Waals surface area contributed by atoms with E-state index >= 15 is 0 Å². The van der Waals surface area contributed by atoms with E-state index in [1.165, 1.54) is 12.8 Å². The number of cyclic esters (lactones) is 1. The van der Waals surface area contributed by atoms with Crippen molar-refractivity contribution < 1.29 is 9.53 Å². The molecule has 62 valence electrons. The molecule has 1 aliphatic heterocycles. The minimum atomic E-state index is -0.216. The van der Waals surface area contributed by atoms with Crippen molar-refractivity contribution in [3.63, 3.8) is 0 Å². The van der Waals surface area contributed by atoms with Gasteiger partial charge in [0, 0.05) is 0 Å². The van der Waals surface area contributed by atoms with E-state index in [0.717, 1.165) is 12.8 Å². The first-order valence-electron chi connectivity index (χ1n) is 4.15. The molecule has 1 saturated heterocycles. The van der Waals surface area contributed by atoms with Crippen LogP contribution in [-0.2, 0) is 9.53 Å². The number of carbonyl (C=O) groups is 1. The topological polar surface area (TPSA) is 26.3 Å². The zero-order chi connectivity index (χ0) is 8.27. The Labute approximate surface area is 67.2 Å². The zero-order valence-corrected chi connectivity index (χ0v) is 6.93. The average Bonchev–Trinajstić information content (AvgIpc) is 2.03. The molecule has 2 heteroatoms. The molecule has 0 saturated carbocycles. The van der Waals surface area contributed by atoms with Crippen molar-refractivity contribution in [1.82, 2.24) is 0 Å². The van der Waals surface area contributed by atoms with Gasteiger partial charge in [-0.2, -0.15) is 0 Å². The Hall–Kier alpha value is -0.790. The van der Waals surface area contributed by atoms with E-state index in [0.29, 0.717) is 5.57 Å². The van der Waals surface area contributed by atoms with Crippen LogP contribution in [0.2, 0.25) is 0 Å². The highest BCUT2D eigenvalue weighted by atomic mass is 16.6. The van der Waals surface area contributed by atoms with Gasteiger partial charge in [0.1, 0.15) is 6.10 Å². The van der Waals surface area contributed by atoms with E-state index in [9.17, 15) is 4.79 Å². The van der Waals surface area contributed by atoms with Crippen LogP contribution in [0.15, 0.2) is 12.2 Å². The van der Waals surface area contributed by atoms with Gasteiger partial charge in [-0.1, -0.05) is 26.3 Å². The van der Waals surface area contributed by atoms with Gasteiger partial charge in [0.05, 0.1) is 5.57 Å². The van der Waals surface area contributed by atoms with Gasteiger partial charge in [-0.05, 0) is 12.8 Å². The van der Waals surface area contributed by atoms with Gasteiger partial charge in [0.15, 0.2) is 0 Å². The number of ether oxygens (including phenoxy) is 1. The Bertz CT molecular complexity index is 172. The fourth-order valence-electron chi connectivity index (χ4n) is 1.16. The maximum atomic E-state index is 10.6. The highest BCUT2D eigenvalue weighted by molar-refractivity contribution is 5.94. The predicted molar refractivity (Wildman–Crippen MR) is 43.2 cm³/mol. The van der Waals surface area contributed by atoms with Crippen LogP contribution in [0.4, 0.5) is 0 Å². The first kappa shape index (κ1) is 8.31. The van der Waals surface area contributed by atoms with Crippen molar-refractivity contribution in [1.29, 1.82) is 0 Å². The first-order valence-corrected chi connectivity index (χ1v) is 4.15. The molecule has 1 heterocycles. The second kappa shape index (κ2) is 3.56. The molecule has 1 rings (SSSR count). The van der Waals surface area contributed by atoms with Crippen molar-refractivity contribution in [3.8, 4) is 0 Å². The number of hydrogen-bond acceptors (Lipinski definition) is 2. The van der Waals surface area contributed by atoms with E-state index in [-0.39, 0.29) is 12.1 Å². The van der Waals surface area contributed by atoms with Crippen LogP contribution in [0.25, 0.3) is 0 Å². The lowest BCUT2D eigenvalue weighted by Gasteiger charge is -2.27. The van der Waals surface area contributed by atoms with Gasteiger partial charge >= 0.3 is 5.97 Å². The lowest BCUT2D eigenvalue weighted by Crippen LogP contribution is -2.35. The molecule has 1 atom stereocenters. The Morgan fingerprint density at radius 1 is 1.55 bits per heavy atom. The molecule has 0 radical (unpaired) electrons. The Balaban J connectivity index is 2.10. The third kappa shape index (κ3) is 1.82. The lowest BCUT2D eigenvalue weighted by atomic mass is 10.0. The standard InChI is InChI=1S/C9H14O2/c1-3-4-5-6-8-7(2)9(10)11-8/h8H,2-6H2,1H3. The van der Waals surface area contributed by atoms with E-state index in [2.05, 4.69) is 13.5 Å². The molecule has 0 aromatic heterocycles. The van der Waals surface area contributed by atoms with Gasteiger partial charge in [0.25, 0.3) is 0 Å². The summed E-state index contributed by atoms with van der Waals surface area (Å²) in [7, 11) is 0. The third-order valence-electron chi connectivity index (χ3n) is 1.97. The van der Waals surface area contributed by atoms with E-state index in [1.807, 2.05) is 0 Å². The van der Waals surface area contributed by atoms with Crippen molar-refractivity contribution in [2.45, 2.75) is 38.7 Å². The fraction of sp³-hybridized carbons (Fsp3) is 0.667. The van der Waals surface area contributed by atoms with Crippen molar-refractivity contribution >= 4 is 5.97 Å². The predicted octanol–water partition coefficient (Wildman–Crippen LogP) is 2.05. The maximum absolute atomic E-state index is 10.6. The van der Waals surface area contributed by atoms with Gasteiger partial charge in [-0.25, -0.2) is 4.79 Å². The normalized spacial score (nSPS) is 22.8. The maximum Gasteiger partial charge on any atom is 0.337 e. The molecule has 0 spiro atoms. The molecule has 0 aromatic carbocycles. The molecule has 1 fully saturated rings. The molecular weight excluding hydrogens is 140 g/mol. The number of carbonyl (C=O) groups excluding carboxylic acids is 1. The smallest absolute Gasteiger partial charge is 0.337 e. The number of hydrogen-bond donors (Lipinski definition) is 0. The molecule has 11 heavy (non-hydrogen) atoms. The summed E-state index contributed by atoms with van der Waals surface area (Å²) in [5.74, 6) is -0.216. The molecule has 0 aliphatic carbocycles. The quantitative estimate of drug-likeness (QED) is 0.352. The molecule has 2 nitrogen and oxygen atoms in total. The first-order chi connectivity index (χ1) is 5.25. The monoisotopic (exact) mass is 154 g/mol. The minimum absolute atomic E-state index is 0.0362. The van der Waals surface area contributed by atoms with E-state index in [1.54, 1.807) is 0 Å². The summed E-state index contributed by atoms with van der Waals surface area (Å²) in [5, 5.41) is 0. The SMILES string of the molecule is C=C1C(=O)OC1CCCCC. The second-order valence-corrected chi connectivity index (χ2v) is 2.91. The van der Waals surface area contributed by atoms with Gasteiger partial charge in [0.2, 0.25) is 0 Å². The van der Waals surface area contributed by atoms with Crippen molar-refractivity contribution in [2.75, 3.05) is 0 Å². The zero-order valence-electron chi connectivity index (χ0n) is 6.93. The van der Waals surface area contributed by atoms with E-state index < -0.39 is 0 Å². The summed E-state index contributed by atoms with van der Waals surface area (Å²) in [4.78, 5) is 10.6. The summed E-state index contributed by atoms with van der Waals surface area (Å²) >= 11 is 0. The molecule has 0 amide bonds. The minimum Gasteiger partial charge on any atom is -0.454 e. The van der Waals surface area contributed by atoms with Crippen LogP contribution in [0.1, 0.15) is 32.6 Å². The molecule has 0 bridgehead atoms. The molecule has 1 unspecified atom stereocenters. The number of rotatable bonds is 4. The van der Waals surface area contributed by atoms with Crippen molar-refractivity contribution in [2.24, 2.45) is 0 Å². The largest absolute Gasteiger partial charge is 0.454 e. The second-order valence-electron chi connectivity index (χ2n) is 2.91. The van der Waals surface area contributed by atoms with Crippen LogP contribution in [0.5, 0.6) is 0 Å². The lowest BCUT2D eigenvalue weighted by molar-refractivity contribution is -0.156. The highest BCUT2D eigenvalue weighted by Crippen LogP contribution is 2.24. The van der Waals surface area contributed by atoms with Crippen LogP contribution in [0, 0.1) is 0 Å². The fourth-order valence-corrected chi connectivity index (χ4v) is 1.16. The van der Waals surface area contributed by atoms with Gasteiger partial charge in [-0.3, -0.25) is 0 Å². The molecule has 1 aliphatic rings. The molecule has 0 aromatic rings. The average molecular weight is 154 g/mol. The molecule has 0 N–H and O–H groups in total. The summed E-state index contributed by atoms with van der Waals surface area (Å²) in [6.45, 7) is 5.78. The Kier molecular flexibility index (Phi) is 2.69. The Morgan fingerprint density at radius 2 is 2.27 bits per heavy atom. The van der Waals surface area contributed by atoms with Crippen LogP contribution >= 0.6 is 0 Å². The van der Waals surface area contributed by atoms with Gasteiger partial charge in [-0.15, -0.1) is 0 Å². The summed E-state index contributed by atoms with van der Waals surface area (Å²) in [6, 6.07) is 0. The summed E-state index contributed by atoms with van der Waals surface area (Å²) in [6.07, 6.45) is 4.54. The third-order valence-corrected chi connectivity index (χ3v) is 1.97. The molecular formula is C9H14O2. The van der Waals surface area contributed by atoms with Crippen LogP contribution in [-0.4, -0.2) is 12.1 Å². The van der Waals surface area contributed by atoms with Crippen LogP contribution < -0.4 is 0 Å². The van der Waals surface area contributed by atoms with E-state index in [4.69, 9.17) is 4.74 Å². The summed E-state index contributed by atoms with van der Waals surface area (Å²) in [5.41, 5.74) is 0.654. The van der Waals surface area contributed by atoms with Crippen molar-refractivity contribution in [3.05, 3.63) is 12.2 Å². The Morgan fingerprint density at radius 3 is 2.73 bits per heavy atom. The summed E-state index contributed by atoms with van der Waals surface area (Å²) < 4.78 is 4.86. The number of esters is 1.